The van der Waals surface area contributed by atoms with Gasteiger partial charge in [0.2, 0.25) is 5.91 Å². The first kappa shape index (κ1) is 15.6. The van der Waals surface area contributed by atoms with Crippen LogP contribution in [0.4, 0.5) is 17.1 Å². The topological polar surface area (TPSA) is 61.4 Å². The molecular weight excluding hydrogens is 278 g/mol. The van der Waals surface area contributed by atoms with Crippen LogP contribution in [0.5, 0.6) is 0 Å². The Morgan fingerprint density at radius 1 is 0.909 bits per heavy atom. The molecule has 22 heavy (non-hydrogen) atoms. The van der Waals surface area contributed by atoms with E-state index in [1.54, 1.807) is 24.3 Å². The molecule has 0 atom stereocenters. The van der Waals surface area contributed by atoms with Gasteiger partial charge in [-0.05, 0) is 42.5 Å². The molecule has 0 aliphatic heterocycles. The third-order valence-corrected chi connectivity index (χ3v) is 3.09. The summed E-state index contributed by atoms with van der Waals surface area (Å²) >= 11 is 0. The highest BCUT2D eigenvalue weighted by Gasteiger charge is 2.07. The van der Waals surface area contributed by atoms with E-state index >= 15 is 0 Å². The number of amides is 2. The van der Waals surface area contributed by atoms with Crippen LogP contribution < -0.4 is 15.5 Å². The minimum Gasteiger partial charge on any atom is -0.378 e. The summed E-state index contributed by atoms with van der Waals surface area (Å²) in [5.41, 5.74) is 2.87. The van der Waals surface area contributed by atoms with E-state index < -0.39 is 0 Å². The highest BCUT2D eigenvalue weighted by molar-refractivity contribution is 6.05. The summed E-state index contributed by atoms with van der Waals surface area (Å²) in [4.78, 5) is 25.3. The summed E-state index contributed by atoms with van der Waals surface area (Å²) in [6, 6.07) is 14.4. The summed E-state index contributed by atoms with van der Waals surface area (Å²) < 4.78 is 0. The van der Waals surface area contributed by atoms with E-state index in [-0.39, 0.29) is 11.8 Å². The Labute approximate surface area is 129 Å². The van der Waals surface area contributed by atoms with Gasteiger partial charge in [0, 0.05) is 43.6 Å². The monoisotopic (exact) mass is 297 g/mol. The second-order valence-electron chi connectivity index (χ2n) is 5.16. The fourth-order valence-corrected chi connectivity index (χ4v) is 1.99. The zero-order valence-electron chi connectivity index (χ0n) is 12.9. The van der Waals surface area contributed by atoms with Crippen LogP contribution in [0.1, 0.15) is 17.3 Å². The molecule has 0 aromatic heterocycles. The van der Waals surface area contributed by atoms with Gasteiger partial charge in [0.1, 0.15) is 0 Å². The molecule has 5 heteroatoms. The molecule has 0 unspecified atom stereocenters. The van der Waals surface area contributed by atoms with E-state index in [1.165, 1.54) is 6.92 Å². The molecule has 0 radical (unpaired) electrons. The number of carbonyl (C=O) groups is 2. The number of nitrogens with one attached hydrogen (secondary N) is 2. The van der Waals surface area contributed by atoms with E-state index in [0.717, 1.165) is 11.4 Å². The highest BCUT2D eigenvalue weighted by atomic mass is 16.2. The lowest BCUT2D eigenvalue weighted by Crippen LogP contribution is -2.13. The number of carbonyl (C=O) groups excluding carboxylic acids is 2. The molecule has 0 fully saturated rings. The molecule has 114 valence electrons. The van der Waals surface area contributed by atoms with Gasteiger partial charge < -0.3 is 15.5 Å². The molecule has 2 amide bonds. The van der Waals surface area contributed by atoms with Crippen LogP contribution in [-0.4, -0.2) is 25.9 Å². The molecule has 0 saturated heterocycles. The predicted octanol–water partition coefficient (Wildman–Crippen LogP) is 2.96. The Morgan fingerprint density at radius 2 is 1.59 bits per heavy atom. The Kier molecular flexibility index (Phi) is 4.78. The van der Waals surface area contributed by atoms with Crippen molar-refractivity contribution in [2.45, 2.75) is 6.92 Å². The van der Waals surface area contributed by atoms with Gasteiger partial charge in [0.15, 0.2) is 0 Å². The third-order valence-electron chi connectivity index (χ3n) is 3.09. The first-order valence-electron chi connectivity index (χ1n) is 6.92. The van der Waals surface area contributed by atoms with Crippen molar-refractivity contribution >= 4 is 28.9 Å². The third kappa shape index (κ3) is 4.09. The summed E-state index contributed by atoms with van der Waals surface area (Å²) in [6.45, 7) is 1.43. The molecule has 0 aliphatic rings. The fourth-order valence-electron chi connectivity index (χ4n) is 1.99. The van der Waals surface area contributed by atoms with Gasteiger partial charge in [-0.3, -0.25) is 9.59 Å². The maximum absolute atomic E-state index is 12.2. The van der Waals surface area contributed by atoms with Gasteiger partial charge in [-0.2, -0.15) is 0 Å². The van der Waals surface area contributed by atoms with Crippen LogP contribution >= 0.6 is 0 Å². The maximum Gasteiger partial charge on any atom is 0.255 e. The van der Waals surface area contributed by atoms with Crippen LogP contribution in [0, 0.1) is 0 Å². The van der Waals surface area contributed by atoms with Crippen molar-refractivity contribution in [3.63, 3.8) is 0 Å². The SMILES string of the molecule is CC(=O)Nc1cccc(C(=O)Nc2ccc(N(C)C)cc2)c1. The summed E-state index contributed by atoms with van der Waals surface area (Å²) in [5, 5.41) is 5.49. The van der Waals surface area contributed by atoms with E-state index in [2.05, 4.69) is 10.6 Å². The lowest BCUT2D eigenvalue weighted by atomic mass is 10.1. The van der Waals surface area contributed by atoms with E-state index in [1.807, 2.05) is 43.3 Å². The largest absolute Gasteiger partial charge is 0.378 e. The average molecular weight is 297 g/mol. The fraction of sp³-hybridized carbons (Fsp3) is 0.176. The molecule has 0 aliphatic carbocycles. The Balaban J connectivity index is 2.10. The van der Waals surface area contributed by atoms with E-state index in [9.17, 15) is 9.59 Å². The van der Waals surface area contributed by atoms with Gasteiger partial charge in [0.25, 0.3) is 5.91 Å². The van der Waals surface area contributed by atoms with Crippen molar-refractivity contribution in [3.05, 3.63) is 54.1 Å². The maximum atomic E-state index is 12.2. The van der Waals surface area contributed by atoms with Crippen LogP contribution in [0.25, 0.3) is 0 Å². The lowest BCUT2D eigenvalue weighted by Gasteiger charge is -2.13. The number of hydrogen-bond acceptors (Lipinski definition) is 3. The molecule has 5 nitrogen and oxygen atoms in total. The number of rotatable bonds is 4. The molecule has 2 N–H and O–H groups in total. The minimum atomic E-state index is -0.218. The second kappa shape index (κ2) is 6.76. The summed E-state index contributed by atoms with van der Waals surface area (Å²) in [6.07, 6.45) is 0. The summed E-state index contributed by atoms with van der Waals surface area (Å²) in [7, 11) is 3.92. The van der Waals surface area contributed by atoms with Crippen LogP contribution in [0.2, 0.25) is 0 Å². The van der Waals surface area contributed by atoms with Crippen LogP contribution in [0.15, 0.2) is 48.5 Å². The van der Waals surface area contributed by atoms with E-state index in [4.69, 9.17) is 0 Å². The molecule has 0 bridgehead atoms. The standard InChI is InChI=1S/C17H19N3O2/c1-12(21)18-15-6-4-5-13(11-15)17(22)19-14-7-9-16(10-8-14)20(2)3/h4-11H,1-3H3,(H,18,21)(H,19,22). The zero-order chi connectivity index (χ0) is 16.1. The van der Waals surface area contributed by atoms with Crippen molar-refractivity contribution in [1.29, 1.82) is 0 Å². The highest BCUT2D eigenvalue weighted by Crippen LogP contribution is 2.17. The smallest absolute Gasteiger partial charge is 0.255 e. The first-order valence-corrected chi connectivity index (χ1v) is 6.92. The van der Waals surface area contributed by atoms with Crippen molar-refractivity contribution in [2.24, 2.45) is 0 Å². The molecule has 2 rings (SSSR count). The van der Waals surface area contributed by atoms with Crippen molar-refractivity contribution in [2.75, 3.05) is 29.6 Å². The minimum absolute atomic E-state index is 0.170. The van der Waals surface area contributed by atoms with E-state index in [0.29, 0.717) is 11.3 Å². The Hall–Kier alpha value is -2.82. The molecule has 0 saturated carbocycles. The Morgan fingerprint density at radius 3 is 2.18 bits per heavy atom. The van der Waals surface area contributed by atoms with Gasteiger partial charge in [-0.1, -0.05) is 6.07 Å². The van der Waals surface area contributed by atoms with Crippen LogP contribution in [-0.2, 0) is 4.79 Å². The number of nitrogens with zero attached hydrogens (tertiary/aromatic N) is 1. The van der Waals surface area contributed by atoms with Gasteiger partial charge in [0.05, 0.1) is 0 Å². The lowest BCUT2D eigenvalue weighted by molar-refractivity contribution is -0.114. The number of anilines is 3. The molecule has 2 aromatic carbocycles. The molecule has 0 spiro atoms. The van der Waals surface area contributed by atoms with Crippen LogP contribution in [0.3, 0.4) is 0 Å². The average Bonchev–Trinajstić information content (AvgIpc) is 2.47. The predicted molar refractivity (Wildman–Crippen MR) is 89.5 cm³/mol. The van der Waals surface area contributed by atoms with Crippen molar-refractivity contribution in [3.8, 4) is 0 Å². The second-order valence-corrected chi connectivity index (χ2v) is 5.16. The summed E-state index contributed by atoms with van der Waals surface area (Å²) in [5.74, 6) is -0.387. The Bertz CT molecular complexity index is 679. The zero-order valence-corrected chi connectivity index (χ0v) is 12.9. The molecular formula is C17H19N3O2. The first-order chi connectivity index (χ1) is 10.5. The molecule has 2 aromatic rings. The van der Waals surface area contributed by atoms with Gasteiger partial charge >= 0.3 is 0 Å². The van der Waals surface area contributed by atoms with Crippen molar-refractivity contribution < 1.29 is 9.59 Å². The molecule has 0 heterocycles. The quantitative estimate of drug-likeness (QED) is 0.912. The van der Waals surface area contributed by atoms with Gasteiger partial charge in [-0.15, -0.1) is 0 Å². The number of hydrogen-bond donors (Lipinski definition) is 2. The normalized spacial score (nSPS) is 9.95. The van der Waals surface area contributed by atoms with Gasteiger partial charge in [-0.25, -0.2) is 0 Å². The number of benzene rings is 2. The van der Waals surface area contributed by atoms with Crippen molar-refractivity contribution in [1.82, 2.24) is 0 Å².